The van der Waals surface area contributed by atoms with Crippen LogP contribution in [0.5, 0.6) is 0 Å². The average Bonchev–Trinajstić information content (AvgIpc) is 3.14. The summed E-state index contributed by atoms with van der Waals surface area (Å²) in [5.41, 5.74) is 2.02. The number of anilines is 2. The van der Waals surface area contributed by atoms with Crippen molar-refractivity contribution in [2.75, 3.05) is 10.6 Å². The van der Waals surface area contributed by atoms with Crippen molar-refractivity contribution >= 4 is 52.7 Å². The van der Waals surface area contributed by atoms with Gasteiger partial charge in [0.25, 0.3) is 11.8 Å². The van der Waals surface area contributed by atoms with Crippen molar-refractivity contribution < 1.29 is 18.9 Å². The molecule has 12 heteroatoms. The Labute approximate surface area is 192 Å². The van der Waals surface area contributed by atoms with Gasteiger partial charge in [-0.1, -0.05) is 23.7 Å². The molecule has 0 saturated heterocycles. The Hall–Kier alpha value is -3.22. The molecule has 5 N–H and O–H groups in total. The van der Waals surface area contributed by atoms with Gasteiger partial charge >= 0.3 is 0 Å². The molecule has 0 aliphatic rings. The van der Waals surface area contributed by atoms with Crippen LogP contribution in [0.3, 0.4) is 0 Å². The molecule has 0 unspecified atom stereocenters. The predicted molar refractivity (Wildman–Crippen MR) is 122 cm³/mol. The zero-order valence-corrected chi connectivity index (χ0v) is 18.6. The number of hydrogen-bond donors (Lipinski definition) is 4. The lowest BCUT2D eigenvalue weighted by Crippen LogP contribution is -2.19. The molecule has 1 aromatic heterocycles. The molecule has 10 nitrogen and oxygen atoms in total. The summed E-state index contributed by atoms with van der Waals surface area (Å²) in [6.45, 7) is 1.66. The number of hydrogen-bond acceptors (Lipinski definition) is 8. The van der Waals surface area contributed by atoms with Crippen molar-refractivity contribution in [3.8, 4) is 0 Å². The molecule has 3 aromatic rings. The molecule has 3 rings (SSSR count). The summed E-state index contributed by atoms with van der Waals surface area (Å²) in [4.78, 5) is 30.2. The second-order valence-electron chi connectivity index (χ2n) is 6.53. The van der Waals surface area contributed by atoms with Crippen LogP contribution in [0.4, 0.5) is 11.5 Å². The highest BCUT2D eigenvalue weighted by Crippen LogP contribution is 2.31. The van der Waals surface area contributed by atoms with Gasteiger partial charge in [-0.3, -0.25) is 14.3 Å². The third-order valence-corrected chi connectivity index (χ3v) is 5.25. The molecule has 0 saturated carbocycles. The van der Waals surface area contributed by atoms with E-state index in [0.717, 1.165) is 12.0 Å². The third kappa shape index (κ3) is 5.52. The number of carbonyl (C=O) groups is 2. The maximum atomic E-state index is 12.9. The predicted octanol–water partition coefficient (Wildman–Crippen LogP) is 3.79. The summed E-state index contributed by atoms with van der Waals surface area (Å²) in [6, 6.07) is 11.3. The SMILES string of the molecule is CC(=N)c1ccc(C(=O)Nc2c(C(=O)Nc3ccc(Cl)cc3SOON)cnn2C)cc1. The topological polar surface area (TPSA) is 144 Å². The number of rotatable bonds is 8. The van der Waals surface area contributed by atoms with Gasteiger partial charge in [0.1, 0.15) is 11.4 Å². The van der Waals surface area contributed by atoms with Gasteiger partial charge in [0.2, 0.25) is 0 Å². The monoisotopic (exact) mass is 474 g/mol. The van der Waals surface area contributed by atoms with Gasteiger partial charge in [-0.15, -0.1) is 9.32 Å². The van der Waals surface area contributed by atoms with Crippen LogP contribution in [-0.4, -0.2) is 27.3 Å². The van der Waals surface area contributed by atoms with E-state index in [-0.39, 0.29) is 11.4 Å². The fourth-order valence-corrected chi connectivity index (χ4v) is 3.45. The summed E-state index contributed by atoms with van der Waals surface area (Å²) in [5.74, 6) is 4.15. The number of aryl methyl sites for hydroxylation is 1. The first-order valence-electron chi connectivity index (χ1n) is 9.10. The molecular weight excluding hydrogens is 456 g/mol. The summed E-state index contributed by atoms with van der Waals surface area (Å²) < 4.78 is 6.03. The van der Waals surface area contributed by atoms with E-state index in [9.17, 15) is 9.59 Å². The van der Waals surface area contributed by atoms with E-state index in [4.69, 9.17) is 22.9 Å². The summed E-state index contributed by atoms with van der Waals surface area (Å²) in [7, 11) is 1.60. The smallest absolute Gasteiger partial charge is 0.261 e. The molecule has 0 fully saturated rings. The first-order chi connectivity index (χ1) is 15.3. The number of amides is 2. The minimum Gasteiger partial charge on any atom is -0.321 e. The quantitative estimate of drug-likeness (QED) is 0.168. The lowest BCUT2D eigenvalue weighted by molar-refractivity contribution is -0.195. The lowest BCUT2D eigenvalue weighted by Gasteiger charge is -2.12. The number of nitrogens with zero attached hydrogens (tertiary/aromatic N) is 2. The minimum absolute atomic E-state index is 0.148. The molecule has 2 amide bonds. The van der Waals surface area contributed by atoms with Crippen LogP contribution in [0.2, 0.25) is 5.02 Å². The first kappa shape index (κ1) is 23.4. The lowest BCUT2D eigenvalue weighted by atomic mass is 10.1. The highest BCUT2D eigenvalue weighted by molar-refractivity contribution is 7.94. The van der Waals surface area contributed by atoms with Gasteiger partial charge in [-0.05, 0) is 42.8 Å². The summed E-state index contributed by atoms with van der Waals surface area (Å²) in [5, 5.41) is 17.6. The molecule has 0 aliphatic heterocycles. The highest BCUT2D eigenvalue weighted by Gasteiger charge is 2.20. The van der Waals surface area contributed by atoms with E-state index < -0.39 is 11.8 Å². The fourth-order valence-electron chi connectivity index (χ4n) is 2.72. The van der Waals surface area contributed by atoms with E-state index >= 15 is 0 Å². The number of halogens is 1. The summed E-state index contributed by atoms with van der Waals surface area (Å²) in [6.07, 6.45) is 1.34. The molecule has 2 aromatic carbocycles. The molecule has 1 heterocycles. The van der Waals surface area contributed by atoms with E-state index in [1.807, 2.05) is 0 Å². The molecule has 0 aliphatic carbocycles. The Bertz CT molecular complexity index is 1170. The number of nitrogens with two attached hydrogens (primary N) is 1. The molecule has 166 valence electrons. The van der Waals surface area contributed by atoms with Gasteiger partial charge in [0, 0.05) is 23.3 Å². The second-order valence-corrected chi connectivity index (χ2v) is 7.71. The Morgan fingerprint density at radius 2 is 1.81 bits per heavy atom. The van der Waals surface area contributed by atoms with Crippen LogP contribution in [0.1, 0.15) is 33.2 Å². The van der Waals surface area contributed by atoms with Crippen molar-refractivity contribution in [3.63, 3.8) is 0 Å². The molecule has 0 spiro atoms. The highest BCUT2D eigenvalue weighted by atomic mass is 35.5. The van der Waals surface area contributed by atoms with Gasteiger partial charge < -0.3 is 16.0 Å². The van der Waals surface area contributed by atoms with Crippen molar-refractivity contribution in [2.24, 2.45) is 12.9 Å². The first-order valence-corrected chi connectivity index (χ1v) is 10.2. The van der Waals surface area contributed by atoms with Crippen LogP contribution >= 0.6 is 23.6 Å². The van der Waals surface area contributed by atoms with Crippen molar-refractivity contribution in [3.05, 3.63) is 70.4 Å². The Morgan fingerprint density at radius 1 is 1.12 bits per heavy atom. The Balaban J connectivity index is 1.80. The van der Waals surface area contributed by atoms with Crippen molar-refractivity contribution in [1.29, 1.82) is 5.41 Å². The molecule has 32 heavy (non-hydrogen) atoms. The van der Waals surface area contributed by atoms with Crippen LogP contribution in [0.15, 0.2) is 53.6 Å². The Kier molecular flexibility index (Phi) is 7.62. The average molecular weight is 475 g/mol. The molecule has 0 atom stereocenters. The number of aromatic nitrogens is 2. The maximum Gasteiger partial charge on any atom is 0.261 e. The second kappa shape index (κ2) is 10.4. The maximum absolute atomic E-state index is 12.9. The number of benzene rings is 2. The Morgan fingerprint density at radius 3 is 2.47 bits per heavy atom. The third-order valence-electron chi connectivity index (χ3n) is 4.35. The van der Waals surface area contributed by atoms with Crippen LogP contribution in [0, 0.1) is 5.41 Å². The molecular formula is C20H19ClN6O4S. The van der Waals surface area contributed by atoms with Gasteiger partial charge in [-0.2, -0.15) is 11.0 Å². The van der Waals surface area contributed by atoms with E-state index in [2.05, 4.69) is 25.1 Å². The molecule has 0 bridgehead atoms. The van der Waals surface area contributed by atoms with E-state index in [1.54, 1.807) is 56.4 Å². The molecule has 0 radical (unpaired) electrons. The number of nitrogens with one attached hydrogen (secondary N) is 3. The standard InChI is InChI=1S/C20H19ClN6O4S/c1-11(22)12-3-5-13(6-4-12)19(28)26-18-15(10-24-27(18)2)20(29)25-16-8-7-14(21)9-17(16)32-31-30-23/h3-10,22H,23H2,1-2H3,(H,25,29)(H,26,28). The van der Waals surface area contributed by atoms with Gasteiger partial charge in [-0.25, -0.2) is 0 Å². The summed E-state index contributed by atoms with van der Waals surface area (Å²) >= 11 is 6.76. The minimum atomic E-state index is -0.513. The van der Waals surface area contributed by atoms with Gasteiger partial charge in [0.15, 0.2) is 0 Å². The van der Waals surface area contributed by atoms with Crippen molar-refractivity contribution in [2.45, 2.75) is 11.8 Å². The number of carbonyl (C=O) groups excluding carboxylic acids is 2. The van der Waals surface area contributed by atoms with E-state index in [0.29, 0.717) is 32.4 Å². The normalized spacial score (nSPS) is 10.6. The van der Waals surface area contributed by atoms with Gasteiger partial charge in [0.05, 0.1) is 28.8 Å². The zero-order chi connectivity index (χ0) is 23.3. The fraction of sp³-hybridized carbons (Fsp3) is 0.100. The largest absolute Gasteiger partial charge is 0.321 e. The zero-order valence-electron chi connectivity index (χ0n) is 17.0. The van der Waals surface area contributed by atoms with Crippen LogP contribution < -0.4 is 16.5 Å². The van der Waals surface area contributed by atoms with Crippen LogP contribution in [0.25, 0.3) is 0 Å². The van der Waals surface area contributed by atoms with E-state index in [1.165, 1.54) is 10.9 Å². The van der Waals surface area contributed by atoms with Crippen LogP contribution in [-0.2, 0) is 16.4 Å². The van der Waals surface area contributed by atoms with Crippen molar-refractivity contribution in [1.82, 2.24) is 9.78 Å².